The first kappa shape index (κ1) is 24.1. The second kappa shape index (κ2) is 10.9. The van der Waals surface area contributed by atoms with Gasteiger partial charge in [0.05, 0.1) is 12.5 Å². The predicted molar refractivity (Wildman–Crippen MR) is 140 cm³/mol. The summed E-state index contributed by atoms with van der Waals surface area (Å²) < 4.78 is 1.78. The number of nitrogens with zero attached hydrogens (tertiary/aromatic N) is 2. The van der Waals surface area contributed by atoms with Crippen molar-refractivity contribution in [1.82, 2.24) is 14.9 Å². The van der Waals surface area contributed by atoms with Gasteiger partial charge in [-0.05, 0) is 71.8 Å². The van der Waals surface area contributed by atoms with Crippen molar-refractivity contribution < 1.29 is 4.79 Å². The van der Waals surface area contributed by atoms with E-state index in [1.807, 2.05) is 25.1 Å². The fraction of sp³-hybridized carbons (Fsp3) is 0.214. The van der Waals surface area contributed by atoms with Crippen LogP contribution in [-0.2, 0) is 13.0 Å². The summed E-state index contributed by atoms with van der Waals surface area (Å²) in [6.45, 7) is 4.43. The lowest BCUT2D eigenvalue weighted by Crippen LogP contribution is -2.25. The molecule has 4 rings (SSSR count). The Morgan fingerprint density at radius 1 is 1.00 bits per heavy atom. The summed E-state index contributed by atoms with van der Waals surface area (Å²) >= 11 is 12.4. The van der Waals surface area contributed by atoms with E-state index < -0.39 is 0 Å². The molecule has 0 aliphatic heterocycles. The summed E-state index contributed by atoms with van der Waals surface area (Å²) in [6.07, 6.45) is 6.74. The number of carbonyl (C=O) groups is 1. The molecule has 0 atom stereocenters. The second-order valence-corrected chi connectivity index (χ2v) is 9.21. The lowest BCUT2D eigenvalue weighted by Gasteiger charge is -2.12. The summed E-state index contributed by atoms with van der Waals surface area (Å²) in [5.74, 6) is -0.227. The van der Waals surface area contributed by atoms with E-state index in [2.05, 4.69) is 53.6 Å². The average Bonchev–Trinajstić information content (AvgIpc) is 3.32. The molecule has 174 valence electrons. The number of carbonyl (C=O) groups excluding carboxylic acids is 1. The molecule has 1 aromatic heterocycles. The molecule has 1 amide bonds. The number of imidazole rings is 1. The summed E-state index contributed by atoms with van der Waals surface area (Å²) in [4.78, 5) is 17.1. The van der Waals surface area contributed by atoms with Crippen LogP contribution in [0.3, 0.4) is 0 Å². The molecule has 34 heavy (non-hydrogen) atoms. The van der Waals surface area contributed by atoms with Gasteiger partial charge < -0.3 is 5.32 Å². The highest BCUT2D eigenvalue weighted by molar-refractivity contribution is 6.35. The number of aryl methyl sites for hydroxylation is 2. The van der Waals surface area contributed by atoms with Gasteiger partial charge >= 0.3 is 0 Å². The van der Waals surface area contributed by atoms with Crippen LogP contribution in [0.2, 0.25) is 10.0 Å². The van der Waals surface area contributed by atoms with E-state index in [0.717, 1.165) is 28.8 Å². The maximum absolute atomic E-state index is 12.9. The van der Waals surface area contributed by atoms with Crippen LogP contribution in [0.25, 0.3) is 16.8 Å². The Balaban J connectivity index is 1.47. The van der Waals surface area contributed by atoms with Crippen molar-refractivity contribution in [2.24, 2.45) is 0 Å². The molecule has 0 aliphatic rings. The fourth-order valence-corrected chi connectivity index (χ4v) is 4.61. The molecule has 6 heteroatoms. The zero-order valence-corrected chi connectivity index (χ0v) is 20.8. The normalized spacial score (nSPS) is 10.9. The maximum Gasteiger partial charge on any atom is 0.270 e. The first-order chi connectivity index (χ1) is 16.5. The molecule has 3 aromatic carbocycles. The fourth-order valence-electron chi connectivity index (χ4n) is 3.94. The number of hydrogen-bond donors (Lipinski definition) is 1. The minimum Gasteiger partial charge on any atom is -0.347 e. The highest BCUT2D eigenvalue weighted by Crippen LogP contribution is 2.25. The van der Waals surface area contributed by atoms with Crippen molar-refractivity contribution in [2.45, 2.75) is 39.7 Å². The van der Waals surface area contributed by atoms with Crippen molar-refractivity contribution in [3.63, 3.8) is 0 Å². The van der Waals surface area contributed by atoms with E-state index in [1.54, 1.807) is 23.2 Å². The monoisotopic (exact) mass is 491 g/mol. The average molecular weight is 492 g/mol. The molecule has 4 nitrogen and oxygen atoms in total. The predicted octanol–water partition coefficient (Wildman–Crippen LogP) is 7.43. The zero-order chi connectivity index (χ0) is 24.1. The third kappa shape index (κ3) is 5.52. The van der Waals surface area contributed by atoms with E-state index >= 15 is 0 Å². The number of unbranched alkanes of at least 4 members (excludes halogenated alkanes) is 1. The lowest BCUT2D eigenvalue weighted by molar-refractivity contribution is 0.0944. The van der Waals surface area contributed by atoms with Crippen molar-refractivity contribution in [2.75, 3.05) is 0 Å². The van der Waals surface area contributed by atoms with Gasteiger partial charge in [0.15, 0.2) is 0 Å². The smallest absolute Gasteiger partial charge is 0.270 e. The second-order valence-electron chi connectivity index (χ2n) is 8.36. The number of aromatic nitrogens is 2. The van der Waals surface area contributed by atoms with Gasteiger partial charge in [0.2, 0.25) is 0 Å². The highest BCUT2D eigenvalue weighted by atomic mass is 35.5. The Morgan fingerprint density at radius 2 is 1.68 bits per heavy atom. The highest BCUT2D eigenvalue weighted by Gasteiger charge is 2.15. The van der Waals surface area contributed by atoms with Gasteiger partial charge in [-0.3, -0.25) is 9.36 Å². The minimum atomic E-state index is -0.227. The molecule has 0 spiro atoms. The molecule has 0 saturated carbocycles. The minimum absolute atomic E-state index is 0.227. The van der Waals surface area contributed by atoms with Gasteiger partial charge in [-0.2, -0.15) is 0 Å². The van der Waals surface area contributed by atoms with Crippen LogP contribution < -0.4 is 5.32 Å². The van der Waals surface area contributed by atoms with E-state index in [4.69, 9.17) is 23.2 Å². The van der Waals surface area contributed by atoms with Crippen molar-refractivity contribution in [3.8, 4) is 16.8 Å². The Bertz CT molecular complexity index is 1260. The van der Waals surface area contributed by atoms with Gasteiger partial charge in [0.25, 0.3) is 5.91 Å². The number of nitrogens with one attached hydrogen (secondary N) is 1. The van der Waals surface area contributed by atoms with Crippen LogP contribution in [0.4, 0.5) is 0 Å². The van der Waals surface area contributed by atoms with Gasteiger partial charge in [-0.25, -0.2) is 4.98 Å². The van der Waals surface area contributed by atoms with Crippen molar-refractivity contribution in [3.05, 3.63) is 106 Å². The van der Waals surface area contributed by atoms with Crippen molar-refractivity contribution in [1.29, 1.82) is 0 Å². The molecule has 0 saturated heterocycles. The SMILES string of the molecule is CCCCc1ccc(-c2ccc(-n3cncc3C(=O)NCc3c(C)cc(Cl)cc3Cl)cc2)cc1. The topological polar surface area (TPSA) is 46.9 Å². The van der Waals surface area contributed by atoms with Crippen molar-refractivity contribution >= 4 is 29.1 Å². The standard InChI is InChI=1S/C28H27Cl2N3O/c1-3-4-5-20-6-8-21(9-7-20)22-10-12-24(13-11-22)33-18-31-17-27(33)28(34)32-16-25-19(2)14-23(29)15-26(25)30/h6-15,17-18H,3-5,16H2,1-2H3,(H,32,34). The number of hydrogen-bond acceptors (Lipinski definition) is 2. The Hall–Kier alpha value is -3.08. The largest absolute Gasteiger partial charge is 0.347 e. The first-order valence-electron chi connectivity index (χ1n) is 11.4. The van der Waals surface area contributed by atoms with Gasteiger partial charge in [0, 0.05) is 22.3 Å². The van der Waals surface area contributed by atoms with Gasteiger partial charge in [-0.15, -0.1) is 0 Å². The third-order valence-corrected chi connectivity index (χ3v) is 6.49. The maximum atomic E-state index is 12.9. The summed E-state index contributed by atoms with van der Waals surface area (Å²) in [6, 6.07) is 20.4. The molecule has 0 radical (unpaired) electrons. The van der Waals surface area contributed by atoms with Crippen LogP contribution in [0.15, 0.2) is 73.2 Å². The van der Waals surface area contributed by atoms with Crippen LogP contribution in [0.5, 0.6) is 0 Å². The van der Waals surface area contributed by atoms with Gasteiger partial charge in [0.1, 0.15) is 5.69 Å². The van der Waals surface area contributed by atoms with E-state index in [-0.39, 0.29) is 5.91 Å². The molecule has 1 N–H and O–H groups in total. The van der Waals surface area contributed by atoms with Crippen LogP contribution in [0.1, 0.15) is 46.9 Å². The van der Waals surface area contributed by atoms with E-state index in [9.17, 15) is 4.79 Å². The lowest BCUT2D eigenvalue weighted by atomic mass is 10.0. The number of halogens is 2. The molecular formula is C28H27Cl2N3O. The molecule has 0 fully saturated rings. The molecule has 0 bridgehead atoms. The molecule has 0 unspecified atom stereocenters. The first-order valence-corrected chi connectivity index (χ1v) is 12.2. The number of rotatable bonds is 8. The van der Waals surface area contributed by atoms with Gasteiger partial charge in [-0.1, -0.05) is 72.9 Å². The third-order valence-electron chi connectivity index (χ3n) is 5.93. The van der Waals surface area contributed by atoms with E-state index in [1.165, 1.54) is 24.0 Å². The molecule has 4 aromatic rings. The van der Waals surface area contributed by atoms with Crippen LogP contribution in [0, 0.1) is 6.92 Å². The van der Waals surface area contributed by atoms with Crippen LogP contribution >= 0.6 is 23.2 Å². The zero-order valence-electron chi connectivity index (χ0n) is 19.3. The summed E-state index contributed by atoms with van der Waals surface area (Å²) in [5.41, 5.74) is 6.76. The molecule has 0 aliphatic carbocycles. The van der Waals surface area contributed by atoms with E-state index in [0.29, 0.717) is 22.3 Å². The number of benzene rings is 3. The summed E-state index contributed by atoms with van der Waals surface area (Å²) in [7, 11) is 0. The Labute approximate surface area is 210 Å². The summed E-state index contributed by atoms with van der Waals surface area (Å²) in [5, 5.41) is 4.05. The Kier molecular flexibility index (Phi) is 7.71. The Morgan fingerprint density at radius 3 is 2.32 bits per heavy atom. The number of amides is 1. The van der Waals surface area contributed by atoms with Crippen LogP contribution in [-0.4, -0.2) is 15.5 Å². The molecule has 1 heterocycles. The molecular weight excluding hydrogens is 465 g/mol. The quantitative estimate of drug-likeness (QED) is 0.278.